The van der Waals surface area contributed by atoms with E-state index in [0.717, 1.165) is 18.4 Å². The van der Waals surface area contributed by atoms with Crippen molar-refractivity contribution in [3.63, 3.8) is 0 Å². The molecule has 1 saturated carbocycles. The van der Waals surface area contributed by atoms with Crippen molar-refractivity contribution in [1.29, 1.82) is 0 Å². The maximum absolute atomic E-state index is 12.2. The third-order valence-electron chi connectivity index (χ3n) is 4.76. The summed E-state index contributed by atoms with van der Waals surface area (Å²) < 4.78 is 35.0. The molecule has 138 valence electrons. The minimum Gasteiger partial charge on any atom is -0.462 e. The number of hydrogen-bond donors (Lipinski definition) is 0. The molecule has 0 aromatic heterocycles. The Kier molecular flexibility index (Phi) is 5.74. The maximum atomic E-state index is 12.2. The molecule has 0 saturated heterocycles. The monoisotopic (exact) mass is 374 g/mol. The summed E-state index contributed by atoms with van der Waals surface area (Å²) in [5, 5.41) is 0. The highest BCUT2D eigenvalue weighted by Gasteiger charge is 2.33. The van der Waals surface area contributed by atoms with Crippen molar-refractivity contribution in [2.75, 3.05) is 13.2 Å². The zero-order chi connectivity index (χ0) is 18.6. The van der Waals surface area contributed by atoms with E-state index < -0.39 is 10.1 Å². The number of benzene rings is 2. The minimum absolute atomic E-state index is 0.0822. The van der Waals surface area contributed by atoms with Crippen LogP contribution in [0.15, 0.2) is 59.5 Å². The van der Waals surface area contributed by atoms with Crippen LogP contribution in [-0.4, -0.2) is 27.6 Å². The molecule has 0 N–H and O–H groups in total. The average molecular weight is 374 g/mol. The average Bonchev–Trinajstić information content (AvgIpc) is 2.62. The number of rotatable bonds is 7. The van der Waals surface area contributed by atoms with Gasteiger partial charge in [0.05, 0.1) is 23.7 Å². The fourth-order valence-electron chi connectivity index (χ4n) is 2.87. The summed E-state index contributed by atoms with van der Waals surface area (Å²) in [6, 6.07) is 15.4. The van der Waals surface area contributed by atoms with Crippen LogP contribution in [0, 0.1) is 18.8 Å². The third kappa shape index (κ3) is 4.51. The molecule has 2 aromatic rings. The standard InChI is InChI=1S/C20H22O5S/c1-15-7-11-19(12-8-15)26(22,23)25-14-18-10-9-17(18)13-24-20(21)16-5-3-2-4-6-16/h2-8,11-12,17-18H,9-10,13-14H2,1H3. The number of hydrogen-bond acceptors (Lipinski definition) is 5. The van der Waals surface area contributed by atoms with Gasteiger partial charge in [0.1, 0.15) is 0 Å². The van der Waals surface area contributed by atoms with E-state index in [1.807, 2.05) is 13.0 Å². The van der Waals surface area contributed by atoms with Crippen LogP contribution in [-0.2, 0) is 19.0 Å². The van der Waals surface area contributed by atoms with Crippen molar-refractivity contribution in [2.24, 2.45) is 11.8 Å². The first kappa shape index (κ1) is 18.6. The quantitative estimate of drug-likeness (QED) is 0.547. The van der Waals surface area contributed by atoms with Crippen molar-refractivity contribution in [1.82, 2.24) is 0 Å². The van der Waals surface area contributed by atoms with Crippen LogP contribution >= 0.6 is 0 Å². The second kappa shape index (κ2) is 8.01. The smallest absolute Gasteiger partial charge is 0.338 e. The van der Waals surface area contributed by atoms with Gasteiger partial charge in [-0.25, -0.2) is 4.79 Å². The van der Waals surface area contributed by atoms with Crippen LogP contribution in [0.1, 0.15) is 28.8 Å². The molecular weight excluding hydrogens is 352 g/mol. The van der Waals surface area contributed by atoms with Gasteiger partial charge in [0.25, 0.3) is 10.1 Å². The number of ether oxygens (including phenoxy) is 1. The van der Waals surface area contributed by atoms with E-state index in [4.69, 9.17) is 8.92 Å². The van der Waals surface area contributed by atoms with Gasteiger partial charge < -0.3 is 4.74 Å². The van der Waals surface area contributed by atoms with Gasteiger partial charge in [0, 0.05) is 0 Å². The third-order valence-corrected chi connectivity index (χ3v) is 6.06. The molecular formula is C20H22O5S. The lowest BCUT2D eigenvalue weighted by Crippen LogP contribution is -2.34. The summed E-state index contributed by atoms with van der Waals surface area (Å²) in [4.78, 5) is 12.1. The van der Waals surface area contributed by atoms with Crippen molar-refractivity contribution < 1.29 is 22.1 Å². The van der Waals surface area contributed by atoms with Gasteiger partial charge in [-0.05, 0) is 55.9 Å². The summed E-state index contributed by atoms with van der Waals surface area (Å²) >= 11 is 0. The first-order valence-corrected chi connectivity index (χ1v) is 10.0. The van der Waals surface area contributed by atoms with Gasteiger partial charge >= 0.3 is 5.97 Å². The molecule has 3 rings (SSSR count). The Hall–Kier alpha value is -2.18. The molecule has 5 nitrogen and oxygen atoms in total. The molecule has 2 atom stereocenters. The van der Waals surface area contributed by atoms with Crippen LogP contribution in [0.5, 0.6) is 0 Å². The van der Waals surface area contributed by atoms with E-state index >= 15 is 0 Å². The van der Waals surface area contributed by atoms with Crippen LogP contribution in [0.25, 0.3) is 0 Å². The zero-order valence-corrected chi connectivity index (χ0v) is 15.4. The first-order valence-electron chi connectivity index (χ1n) is 8.64. The van der Waals surface area contributed by atoms with Gasteiger partial charge in [-0.1, -0.05) is 35.9 Å². The molecule has 26 heavy (non-hydrogen) atoms. The molecule has 1 aliphatic rings. The largest absolute Gasteiger partial charge is 0.462 e. The molecule has 1 fully saturated rings. The number of esters is 1. The summed E-state index contributed by atoms with van der Waals surface area (Å²) in [5.74, 6) is -0.140. The predicted octanol–water partition coefficient (Wildman–Crippen LogP) is 3.58. The molecule has 2 unspecified atom stereocenters. The Morgan fingerprint density at radius 1 is 0.962 bits per heavy atom. The van der Waals surface area contributed by atoms with E-state index in [1.165, 1.54) is 0 Å². The molecule has 0 heterocycles. The molecule has 0 radical (unpaired) electrons. The van der Waals surface area contributed by atoms with E-state index in [2.05, 4.69) is 0 Å². The summed E-state index contributed by atoms with van der Waals surface area (Å²) in [6.07, 6.45) is 1.78. The Morgan fingerprint density at radius 2 is 1.58 bits per heavy atom. The summed E-state index contributed by atoms with van der Waals surface area (Å²) in [6.45, 7) is 2.29. The molecule has 0 amide bonds. The Morgan fingerprint density at radius 3 is 2.19 bits per heavy atom. The first-order chi connectivity index (χ1) is 12.5. The predicted molar refractivity (Wildman–Crippen MR) is 97.3 cm³/mol. The lowest BCUT2D eigenvalue weighted by atomic mass is 9.75. The topological polar surface area (TPSA) is 69.7 Å². The van der Waals surface area contributed by atoms with E-state index in [1.54, 1.807) is 48.5 Å². The molecule has 0 spiro atoms. The molecule has 1 aliphatic carbocycles. The van der Waals surface area contributed by atoms with Crippen molar-refractivity contribution in [3.05, 3.63) is 65.7 Å². The van der Waals surface area contributed by atoms with Crippen LogP contribution in [0.2, 0.25) is 0 Å². The number of aryl methyl sites for hydroxylation is 1. The van der Waals surface area contributed by atoms with Gasteiger partial charge in [0.2, 0.25) is 0 Å². The minimum atomic E-state index is -3.75. The van der Waals surface area contributed by atoms with E-state index in [0.29, 0.717) is 5.56 Å². The fourth-order valence-corrected chi connectivity index (χ4v) is 3.83. The molecule has 2 aromatic carbocycles. The highest BCUT2D eigenvalue weighted by Crippen LogP contribution is 2.35. The van der Waals surface area contributed by atoms with E-state index in [9.17, 15) is 13.2 Å². The van der Waals surface area contributed by atoms with Crippen molar-refractivity contribution in [2.45, 2.75) is 24.7 Å². The Bertz CT molecular complexity index is 844. The number of carbonyl (C=O) groups is 1. The highest BCUT2D eigenvalue weighted by atomic mass is 32.2. The molecule has 6 heteroatoms. The van der Waals surface area contributed by atoms with Gasteiger partial charge in [0.15, 0.2) is 0 Å². The van der Waals surface area contributed by atoms with Crippen LogP contribution in [0.3, 0.4) is 0 Å². The van der Waals surface area contributed by atoms with Gasteiger partial charge in [-0.2, -0.15) is 8.42 Å². The second-order valence-electron chi connectivity index (χ2n) is 6.61. The fraction of sp³-hybridized carbons (Fsp3) is 0.350. The number of carbonyl (C=O) groups excluding carboxylic acids is 1. The lowest BCUT2D eigenvalue weighted by Gasteiger charge is -2.35. The Balaban J connectivity index is 1.48. The Labute approximate surface area is 154 Å². The normalized spacial score (nSPS) is 19.6. The highest BCUT2D eigenvalue weighted by molar-refractivity contribution is 7.86. The van der Waals surface area contributed by atoms with E-state index in [-0.39, 0.29) is 35.9 Å². The summed E-state index contributed by atoms with van der Waals surface area (Å²) in [5.41, 5.74) is 1.50. The van der Waals surface area contributed by atoms with Crippen molar-refractivity contribution >= 4 is 16.1 Å². The van der Waals surface area contributed by atoms with Gasteiger partial charge in [-0.15, -0.1) is 0 Å². The van der Waals surface area contributed by atoms with Crippen LogP contribution < -0.4 is 0 Å². The second-order valence-corrected chi connectivity index (χ2v) is 8.23. The maximum Gasteiger partial charge on any atom is 0.338 e. The van der Waals surface area contributed by atoms with Crippen LogP contribution in [0.4, 0.5) is 0 Å². The lowest BCUT2D eigenvalue weighted by molar-refractivity contribution is 0.0141. The molecule has 0 aliphatic heterocycles. The summed E-state index contributed by atoms with van der Waals surface area (Å²) in [7, 11) is -3.75. The zero-order valence-electron chi connectivity index (χ0n) is 14.6. The SMILES string of the molecule is Cc1ccc(S(=O)(=O)OCC2CCC2COC(=O)c2ccccc2)cc1. The van der Waals surface area contributed by atoms with Crippen molar-refractivity contribution in [3.8, 4) is 0 Å². The van der Waals surface area contributed by atoms with Gasteiger partial charge in [-0.3, -0.25) is 4.18 Å². The molecule has 0 bridgehead atoms.